The number of nitrogens with zero attached hydrogens (tertiary/aromatic N) is 5. The second-order valence-electron chi connectivity index (χ2n) is 10.5. The zero-order valence-corrected chi connectivity index (χ0v) is 25.2. The van der Waals surface area contributed by atoms with Crippen LogP contribution < -0.4 is 4.74 Å². The number of amides is 2. The van der Waals surface area contributed by atoms with Gasteiger partial charge in [-0.15, -0.1) is 5.10 Å². The van der Waals surface area contributed by atoms with Crippen LogP contribution in [-0.4, -0.2) is 102 Å². The number of aromatic nitrogens is 4. The Hall–Kier alpha value is -4.55. The minimum absolute atomic E-state index is 0.0317. The fourth-order valence-electron chi connectivity index (χ4n) is 5.51. The number of hydrogen-bond donors (Lipinski definition) is 1. The first kappa shape index (κ1) is 30.9. The molecule has 2 aromatic heterocycles. The lowest BCUT2D eigenvalue weighted by atomic mass is 9.93. The lowest BCUT2D eigenvalue weighted by Crippen LogP contribution is -2.40. The number of methoxy groups -OCH3 is 2. The third-order valence-corrected chi connectivity index (χ3v) is 7.65. The van der Waals surface area contributed by atoms with Crippen LogP contribution >= 0.6 is 0 Å². The Morgan fingerprint density at radius 2 is 1.80 bits per heavy atom. The second kappa shape index (κ2) is 14.3. The van der Waals surface area contributed by atoms with Crippen LogP contribution in [0.25, 0.3) is 27.6 Å². The lowest BCUT2D eigenvalue weighted by Gasteiger charge is -2.28. The molecule has 4 heterocycles. The van der Waals surface area contributed by atoms with Gasteiger partial charge in [0.15, 0.2) is 5.82 Å². The van der Waals surface area contributed by atoms with Crippen LogP contribution in [0.5, 0.6) is 5.75 Å². The van der Waals surface area contributed by atoms with Crippen LogP contribution in [0.15, 0.2) is 54.9 Å². The van der Waals surface area contributed by atoms with E-state index in [9.17, 15) is 9.59 Å². The van der Waals surface area contributed by atoms with Crippen molar-refractivity contribution in [2.24, 2.45) is 0 Å². The average Bonchev–Trinajstić information content (AvgIpc) is 3.76. The molecule has 0 aliphatic carbocycles. The molecular formula is C32H37FN6O5. The predicted octanol–water partition coefficient (Wildman–Crippen LogP) is 4.02. The third kappa shape index (κ3) is 6.66. The number of carbonyl (C=O) groups is 2. The van der Waals surface area contributed by atoms with Gasteiger partial charge < -0.3 is 29.0 Å². The molecule has 1 N–H and O–H groups in total. The Morgan fingerprint density at radius 3 is 2.52 bits per heavy atom. The molecule has 0 radical (unpaired) electrons. The summed E-state index contributed by atoms with van der Waals surface area (Å²) in [6, 6.07) is 11.1. The minimum Gasteiger partial charge on any atom is -0.496 e. The molecule has 4 aromatic rings. The number of nitrogens with one attached hydrogen (secondary N) is 1. The molecule has 6 rings (SSSR count). The Labute approximate surface area is 255 Å². The SMILES string of the molecule is COC.COc1ccccc1-c1cc(C2=CCCN(C(=O)CCn3ccnn3)C2)c(F)c2[nH]c(C(=O)N3CCOCC3)cc12. The van der Waals surface area contributed by atoms with E-state index in [-0.39, 0.29) is 30.3 Å². The van der Waals surface area contributed by atoms with Gasteiger partial charge in [-0.05, 0) is 35.8 Å². The summed E-state index contributed by atoms with van der Waals surface area (Å²) in [5.41, 5.74) is 3.19. The highest BCUT2D eigenvalue weighted by Crippen LogP contribution is 2.40. The van der Waals surface area contributed by atoms with Crippen molar-refractivity contribution in [1.29, 1.82) is 0 Å². The number of morpholine rings is 1. The standard InChI is InChI=1S/C30H31FN6O4.C2H6O/c1-40-26-7-3-2-6-21(26)23-17-22(20-5-4-10-36(19-20)27(38)8-11-37-12-9-32-34-37)28(31)29-24(23)18-25(33-29)30(39)35-13-15-41-16-14-35;1-3-2/h2-3,5-7,9,12,17-18,33H,4,8,10-11,13-16,19H2,1H3;1-2H3. The van der Waals surface area contributed by atoms with Gasteiger partial charge in [-0.2, -0.15) is 0 Å². The van der Waals surface area contributed by atoms with Gasteiger partial charge in [0.05, 0.1) is 38.6 Å². The highest BCUT2D eigenvalue weighted by molar-refractivity contribution is 6.05. The fraction of sp³-hybridized carbons (Fsp3) is 0.375. The molecule has 0 unspecified atom stereocenters. The lowest BCUT2D eigenvalue weighted by molar-refractivity contribution is -0.131. The summed E-state index contributed by atoms with van der Waals surface area (Å²) in [6.07, 6.45) is 6.16. The normalized spacial score (nSPS) is 15.0. The van der Waals surface area contributed by atoms with E-state index >= 15 is 4.39 Å². The summed E-state index contributed by atoms with van der Waals surface area (Å²) in [4.78, 5) is 32.9. The maximum atomic E-state index is 16.3. The topological polar surface area (TPSA) is 115 Å². The van der Waals surface area contributed by atoms with Gasteiger partial charge in [-0.25, -0.2) is 4.39 Å². The molecule has 0 spiro atoms. The van der Waals surface area contributed by atoms with Crippen molar-refractivity contribution in [3.63, 3.8) is 0 Å². The molecule has 44 heavy (non-hydrogen) atoms. The van der Waals surface area contributed by atoms with Gasteiger partial charge in [0.2, 0.25) is 5.91 Å². The van der Waals surface area contributed by atoms with Gasteiger partial charge in [-0.1, -0.05) is 29.5 Å². The van der Waals surface area contributed by atoms with Crippen molar-refractivity contribution < 1.29 is 28.2 Å². The molecule has 0 bridgehead atoms. The van der Waals surface area contributed by atoms with Crippen LogP contribution in [0, 0.1) is 5.82 Å². The van der Waals surface area contributed by atoms with Crippen molar-refractivity contribution in [3.05, 3.63) is 71.9 Å². The molecule has 11 nitrogen and oxygen atoms in total. The molecule has 0 atom stereocenters. The van der Waals surface area contributed by atoms with Gasteiger partial charge >= 0.3 is 0 Å². The van der Waals surface area contributed by atoms with Crippen LogP contribution in [0.2, 0.25) is 0 Å². The Balaban J connectivity index is 0.00000123. The number of halogens is 1. The smallest absolute Gasteiger partial charge is 0.270 e. The van der Waals surface area contributed by atoms with Crippen molar-refractivity contribution in [1.82, 2.24) is 29.8 Å². The van der Waals surface area contributed by atoms with E-state index in [0.29, 0.717) is 68.2 Å². The Bertz CT molecular complexity index is 1630. The summed E-state index contributed by atoms with van der Waals surface area (Å²) in [6.45, 7) is 3.17. The van der Waals surface area contributed by atoms with Crippen molar-refractivity contribution in [2.45, 2.75) is 19.4 Å². The molecule has 232 valence electrons. The fourth-order valence-corrected chi connectivity index (χ4v) is 5.51. The molecule has 2 aromatic carbocycles. The number of aryl methyl sites for hydroxylation is 1. The van der Waals surface area contributed by atoms with E-state index in [0.717, 1.165) is 16.7 Å². The van der Waals surface area contributed by atoms with E-state index < -0.39 is 5.82 Å². The molecule has 1 saturated heterocycles. The first-order valence-corrected chi connectivity index (χ1v) is 14.5. The highest BCUT2D eigenvalue weighted by atomic mass is 19.1. The van der Waals surface area contributed by atoms with Crippen molar-refractivity contribution in [3.8, 4) is 16.9 Å². The number of benzene rings is 2. The number of hydrogen-bond acceptors (Lipinski definition) is 7. The third-order valence-electron chi connectivity index (χ3n) is 7.65. The monoisotopic (exact) mass is 604 g/mol. The van der Waals surface area contributed by atoms with Crippen LogP contribution in [0.3, 0.4) is 0 Å². The highest BCUT2D eigenvalue weighted by Gasteiger charge is 2.27. The van der Waals surface area contributed by atoms with Crippen molar-refractivity contribution >= 4 is 28.3 Å². The molecule has 2 amide bonds. The van der Waals surface area contributed by atoms with E-state index in [1.807, 2.05) is 36.4 Å². The van der Waals surface area contributed by atoms with E-state index in [1.165, 1.54) is 0 Å². The van der Waals surface area contributed by atoms with Crippen LogP contribution in [0.1, 0.15) is 28.9 Å². The average molecular weight is 605 g/mol. The maximum absolute atomic E-state index is 16.3. The molecule has 12 heteroatoms. The first-order chi connectivity index (χ1) is 21.4. The summed E-state index contributed by atoms with van der Waals surface area (Å²) in [5.74, 6) is -0.0488. The number of carbonyl (C=O) groups excluding carboxylic acids is 2. The number of rotatable bonds is 7. The number of ether oxygens (including phenoxy) is 3. The van der Waals surface area contributed by atoms with E-state index in [1.54, 1.807) is 54.3 Å². The molecule has 2 aliphatic rings. The van der Waals surface area contributed by atoms with E-state index in [2.05, 4.69) is 20.0 Å². The van der Waals surface area contributed by atoms with E-state index in [4.69, 9.17) is 9.47 Å². The number of para-hydroxylation sites is 1. The maximum Gasteiger partial charge on any atom is 0.270 e. The second-order valence-corrected chi connectivity index (χ2v) is 10.5. The van der Waals surface area contributed by atoms with Crippen LogP contribution in [0.4, 0.5) is 4.39 Å². The van der Waals surface area contributed by atoms with Gasteiger partial charge in [-0.3, -0.25) is 14.3 Å². The summed E-state index contributed by atoms with van der Waals surface area (Å²) < 4.78 is 33.2. The van der Waals surface area contributed by atoms with Gasteiger partial charge in [0.25, 0.3) is 5.91 Å². The molecule has 0 saturated carbocycles. The zero-order chi connectivity index (χ0) is 31.1. The number of aromatic amines is 1. The number of fused-ring (bicyclic) bond motifs is 1. The van der Waals surface area contributed by atoms with Crippen LogP contribution in [-0.2, 0) is 20.8 Å². The largest absolute Gasteiger partial charge is 0.496 e. The Kier molecular flexibility index (Phi) is 10.0. The van der Waals surface area contributed by atoms with Gasteiger partial charge in [0.1, 0.15) is 11.4 Å². The molecule has 2 aliphatic heterocycles. The molecule has 1 fully saturated rings. The molecular weight excluding hydrogens is 567 g/mol. The number of H-pyrrole nitrogens is 1. The quantitative estimate of drug-likeness (QED) is 0.339. The minimum atomic E-state index is -0.456. The zero-order valence-electron chi connectivity index (χ0n) is 25.2. The van der Waals surface area contributed by atoms with Gasteiger partial charge in [0, 0.05) is 69.5 Å². The Morgan fingerprint density at radius 1 is 1.02 bits per heavy atom. The summed E-state index contributed by atoms with van der Waals surface area (Å²) in [7, 11) is 4.84. The summed E-state index contributed by atoms with van der Waals surface area (Å²) in [5, 5.41) is 8.29. The summed E-state index contributed by atoms with van der Waals surface area (Å²) >= 11 is 0. The predicted molar refractivity (Wildman–Crippen MR) is 164 cm³/mol. The van der Waals surface area contributed by atoms with Crippen molar-refractivity contribution in [2.75, 3.05) is 60.7 Å². The first-order valence-electron chi connectivity index (χ1n) is 14.5.